The standard InChI is InChI=1S/C23H17NO/c25-23-19-9-4-3-8-18(19)22-17-11-5-10-16(17)21-15-7-2-1-6-14(15)12-13-20(21)24(22)23/h1-10,12-13,16-17,22H,11H2/t16-,17-,22-/m0/s1. The first kappa shape index (κ1) is 13.4. The maximum Gasteiger partial charge on any atom is 0.259 e. The van der Waals surface area contributed by atoms with E-state index < -0.39 is 0 Å². The molecular weight excluding hydrogens is 306 g/mol. The first-order chi connectivity index (χ1) is 12.3. The van der Waals surface area contributed by atoms with Gasteiger partial charge in [-0.2, -0.15) is 0 Å². The first-order valence-electron chi connectivity index (χ1n) is 8.95. The zero-order chi connectivity index (χ0) is 16.5. The Bertz CT molecular complexity index is 1080. The molecule has 2 heteroatoms. The van der Waals surface area contributed by atoms with Gasteiger partial charge in [0, 0.05) is 17.2 Å². The first-order valence-corrected chi connectivity index (χ1v) is 8.95. The molecule has 0 bridgehead atoms. The number of amides is 1. The quantitative estimate of drug-likeness (QED) is 0.520. The third kappa shape index (κ3) is 1.57. The number of allylic oxidation sites excluding steroid dienone is 2. The highest BCUT2D eigenvalue weighted by molar-refractivity contribution is 6.13. The summed E-state index contributed by atoms with van der Waals surface area (Å²) < 4.78 is 0. The number of hydrogen-bond donors (Lipinski definition) is 0. The zero-order valence-electron chi connectivity index (χ0n) is 13.7. The monoisotopic (exact) mass is 323 g/mol. The van der Waals surface area contributed by atoms with Gasteiger partial charge in [0.15, 0.2) is 0 Å². The molecule has 2 aliphatic heterocycles. The number of carbonyl (C=O) groups excluding carboxylic acids is 1. The molecule has 1 aliphatic carbocycles. The number of fused-ring (bicyclic) bond motifs is 10. The maximum absolute atomic E-state index is 13.2. The molecule has 3 aliphatic rings. The van der Waals surface area contributed by atoms with Gasteiger partial charge >= 0.3 is 0 Å². The molecule has 0 spiro atoms. The minimum absolute atomic E-state index is 0.155. The second kappa shape index (κ2) is 4.60. The third-order valence-corrected chi connectivity index (χ3v) is 6.17. The summed E-state index contributed by atoms with van der Waals surface area (Å²) in [6.45, 7) is 0. The molecule has 0 unspecified atom stereocenters. The van der Waals surface area contributed by atoms with Crippen LogP contribution in [-0.2, 0) is 0 Å². The van der Waals surface area contributed by atoms with Crippen molar-refractivity contribution in [3.05, 3.63) is 89.5 Å². The largest absolute Gasteiger partial charge is 0.300 e. The van der Waals surface area contributed by atoms with Gasteiger partial charge in [-0.1, -0.05) is 60.7 Å². The molecule has 3 aromatic rings. The van der Waals surface area contributed by atoms with E-state index >= 15 is 0 Å². The van der Waals surface area contributed by atoms with Crippen LogP contribution in [0.1, 0.15) is 39.9 Å². The number of anilines is 1. The summed E-state index contributed by atoms with van der Waals surface area (Å²) >= 11 is 0. The molecule has 3 atom stereocenters. The summed E-state index contributed by atoms with van der Waals surface area (Å²) in [4.78, 5) is 15.3. The minimum atomic E-state index is 0.155. The highest BCUT2D eigenvalue weighted by Gasteiger charge is 2.49. The predicted octanol–water partition coefficient (Wildman–Crippen LogP) is 5.21. The maximum atomic E-state index is 13.2. The van der Waals surface area contributed by atoms with Crippen LogP contribution in [0.2, 0.25) is 0 Å². The Hall–Kier alpha value is -2.87. The van der Waals surface area contributed by atoms with Crippen molar-refractivity contribution < 1.29 is 4.79 Å². The summed E-state index contributed by atoms with van der Waals surface area (Å²) in [5.74, 6) is 0.981. The van der Waals surface area contributed by atoms with Crippen molar-refractivity contribution in [2.45, 2.75) is 18.4 Å². The molecular formula is C23H17NO. The number of hydrogen-bond acceptors (Lipinski definition) is 1. The molecule has 0 fully saturated rings. The van der Waals surface area contributed by atoms with E-state index in [1.165, 1.54) is 21.9 Å². The van der Waals surface area contributed by atoms with Gasteiger partial charge in [-0.3, -0.25) is 4.79 Å². The van der Waals surface area contributed by atoms with Crippen LogP contribution in [0.15, 0.2) is 72.8 Å². The number of rotatable bonds is 0. The molecule has 25 heavy (non-hydrogen) atoms. The van der Waals surface area contributed by atoms with Crippen molar-refractivity contribution in [1.82, 2.24) is 0 Å². The Morgan fingerprint density at radius 3 is 2.72 bits per heavy atom. The van der Waals surface area contributed by atoms with Crippen molar-refractivity contribution in [3.63, 3.8) is 0 Å². The third-order valence-electron chi connectivity index (χ3n) is 6.17. The molecule has 0 radical (unpaired) electrons. The van der Waals surface area contributed by atoms with Crippen molar-refractivity contribution in [2.24, 2.45) is 5.92 Å². The average molecular weight is 323 g/mol. The topological polar surface area (TPSA) is 20.3 Å². The van der Waals surface area contributed by atoms with E-state index in [1.807, 2.05) is 12.1 Å². The van der Waals surface area contributed by atoms with E-state index in [0.29, 0.717) is 11.8 Å². The summed E-state index contributed by atoms with van der Waals surface area (Å²) in [5.41, 5.74) is 4.50. The normalized spacial score (nSPS) is 25.7. The van der Waals surface area contributed by atoms with E-state index in [2.05, 4.69) is 65.6 Å². The van der Waals surface area contributed by atoms with Crippen LogP contribution in [0, 0.1) is 5.92 Å². The van der Waals surface area contributed by atoms with Crippen LogP contribution in [0.25, 0.3) is 10.8 Å². The van der Waals surface area contributed by atoms with Crippen LogP contribution in [-0.4, -0.2) is 5.91 Å². The van der Waals surface area contributed by atoms with Crippen molar-refractivity contribution in [2.75, 3.05) is 4.90 Å². The van der Waals surface area contributed by atoms with Gasteiger partial charge in [0.1, 0.15) is 0 Å². The lowest BCUT2D eigenvalue weighted by atomic mass is 9.75. The van der Waals surface area contributed by atoms with Crippen LogP contribution in [0.5, 0.6) is 0 Å². The average Bonchev–Trinajstić information content (AvgIpc) is 3.25. The second-order valence-electron chi connectivity index (χ2n) is 7.28. The Labute approximate surface area is 146 Å². The lowest BCUT2D eigenvalue weighted by molar-refractivity contribution is 0.0981. The number of nitrogens with zero attached hydrogens (tertiary/aromatic N) is 1. The molecule has 0 aromatic heterocycles. The van der Waals surface area contributed by atoms with Gasteiger partial charge < -0.3 is 4.90 Å². The minimum Gasteiger partial charge on any atom is -0.300 e. The molecule has 0 N–H and O–H groups in total. The van der Waals surface area contributed by atoms with Crippen LogP contribution >= 0.6 is 0 Å². The van der Waals surface area contributed by atoms with E-state index in [0.717, 1.165) is 17.7 Å². The molecule has 120 valence electrons. The fourth-order valence-electron chi connectivity index (χ4n) is 5.18. The Morgan fingerprint density at radius 2 is 1.76 bits per heavy atom. The lowest BCUT2D eigenvalue weighted by Gasteiger charge is -2.41. The van der Waals surface area contributed by atoms with Crippen molar-refractivity contribution in [1.29, 1.82) is 0 Å². The van der Waals surface area contributed by atoms with Crippen LogP contribution in [0.3, 0.4) is 0 Å². The van der Waals surface area contributed by atoms with E-state index in [-0.39, 0.29) is 11.9 Å². The highest BCUT2D eigenvalue weighted by Crippen LogP contribution is 2.57. The van der Waals surface area contributed by atoms with E-state index in [1.54, 1.807) is 0 Å². The molecule has 3 aromatic carbocycles. The predicted molar refractivity (Wildman–Crippen MR) is 99.9 cm³/mol. The number of carbonyl (C=O) groups is 1. The summed E-state index contributed by atoms with van der Waals surface area (Å²) in [6.07, 6.45) is 5.70. The smallest absolute Gasteiger partial charge is 0.259 e. The lowest BCUT2D eigenvalue weighted by Crippen LogP contribution is -2.38. The molecule has 2 nitrogen and oxygen atoms in total. The Kier molecular flexibility index (Phi) is 2.47. The molecule has 1 amide bonds. The van der Waals surface area contributed by atoms with Gasteiger partial charge in [-0.15, -0.1) is 0 Å². The molecule has 6 rings (SSSR count). The van der Waals surface area contributed by atoms with Crippen molar-refractivity contribution >= 4 is 22.4 Å². The van der Waals surface area contributed by atoms with E-state index in [4.69, 9.17) is 0 Å². The summed E-state index contributed by atoms with van der Waals surface area (Å²) in [6, 6.07) is 21.2. The summed E-state index contributed by atoms with van der Waals surface area (Å²) in [5, 5.41) is 2.53. The summed E-state index contributed by atoms with van der Waals surface area (Å²) in [7, 11) is 0. The fraction of sp³-hybridized carbons (Fsp3) is 0.174. The van der Waals surface area contributed by atoms with Gasteiger partial charge in [-0.25, -0.2) is 0 Å². The van der Waals surface area contributed by atoms with Crippen LogP contribution < -0.4 is 4.90 Å². The Morgan fingerprint density at radius 1 is 0.920 bits per heavy atom. The molecule has 0 saturated carbocycles. The SMILES string of the molecule is O=C1c2ccccc2[C@@H]2[C@H]3CC=C[C@@H]3c3c(ccc4ccccc34)N12. The second-order valence-corrected chi connectivity index (χ2v) is 7.28. The zero-order valence-corrected chi connectivity index (χ0v) is 13.7. The fourth-order valence-corrected chi connectivity index (χ4v) is 5.18. The number of benzene rings is 3. The molecule has 0 saturated heterocycles. The molecule has 2 heterocycles. The van der Waals surface area contributed by atoms with E-state index in [9.17, 15) is 4.79 Å². The van der Waals surface area contributed by atoms with Crippen molar-refractivity contribution in [3.8, 4) is 0 Å². The van der Waals surface area contributed by atoms with Gasteiger partial charge in [0.2, 0.25) is 0 Å². The van der Waals surface area contributed by atoms with Gasteiger partial charge in [-0.05, 0) is 46.4 Å². The van der Waals surface area contributed by atoms with Gasteiger partial charge in [0.25, 0.3) is 5.91 Å². The Balaban J connectivity index is 1.69. The van der Waals surface area contributed by atoms with Crippen LogP contribution in [0.4, 0.5) is 5.69 Å². The van der Waals surface area contributed by atoms with Gasteiger partial charge in [0.05, 0.1) is 6.04 Å². The highest BCUT2D eigenvalue weighted by atomic mass is 16.2.